The number of aromatic amines is 1. The first-order chi connectivity index (χ1) is 18.8. The Balaban J connectivity index is 1.68. The Labute approximate surface area is 229 Å². The van der Waals surface area contributed by atoms with Crippen LogP contribution in [0.3, 0.4) is 0 Å². The van der Waals surface area contributed by atoms with Gasteiger partial charge in [-0.25, -0.2) is 4.68 Å². The van der Waals surface area contributed by atoms with E-state index in [2.05, 4.69) is 77.4 Å². The third-order valence-corrected chi connectivity index (χ3v) is 7.39. The van der Waals surface area contributed by atoms with E-state index in [1.807, 2.05) is 28.9 Å². The molecule has 5 rings (SSSR count). The van der Waals surface area contributed by atoms with E-state index in [-0.39, 0.29) is 17.2 Å². The Morgan fingerprint density at radius 3 is 2.59 bits per heavy atom. The molecule has 0 unspecified atom stereocenters. The highest BCUT2D eigenvalue weighted by Crippen LogP contribution is 2.32. The van der Waals surface area contributed by atoms with Gasteiger partial charge in [-0.2, -0.15) is 0 Å². The third kappa shape index (κ3) is 5.89. The topological polar surface area (TPSA) is 98.2 Å². The minimum Gasteiger partial charge on any atom is -0.497 e. The van der Waals surface area contributed by atoms with Gasteiger partial charge < -0.3 is 14.5 Å². The summed E-state index contributed by atoms with van der Waals surface area (Å²) in [5.41, 5.74) is 3.21. The largest absolute Gasteiger partial charge is 0.497 e. The van der Waals surface area contributed by atoms with Crippen molar-refractivity contribution in [1.29, 1.82) is 0 Å². The quantitative estimate of drug-likeness (QED) is 0.337. The van der Waals surface area contributed by atoms with Gasteiger partial charge in [0.2, 0.25) is 0 Å². The number of aromatic nitrogens is 5. The molecule has 1 N–H and O–H groups in total. The van der Waals surface area contributed by atoms with Crippen LogP contribution in [0.2, 0.25) is 0 Å². The van der Waals surface area contributed by atoms with Crippen LogP contribution in [-0.2, 0) is 23.2 Å². The minimum absolute atomic E-state index is 0.0657. The lowest BCUT2D eigenvalue weighted by Gasteiger charge is -2.34. The summed E-state index contributed by atoms with van der Waals surface area (Å²) in [5.74, 6) is 1.43. The van der Waals surface area contributed by atoms with Crippen LogP contribution in [-0.4, -0.2) is 56.5 Å². The van der Waals surface area contributed by atoms with E-state index < -0.39 is 6.04 Å². The van der Waals surface area contributed by atoms with Crippen molar-refractivity contribution < 1.29 is 9.47 Å². The van der Waals surface area contributed by atoms with E-state index in [4.69, 9.17) is 9.47 Å². The lowest BCUT2D eigenvalue weighted by atomic mass is 9.99. The van der Waals surface area contributed by atoms with Crippen molar-refractivity contribution in [1.82, 2.24) is 30.1 Å². The van der Waals surface area contributed by atoms with E-state index in [1.165, 1.54) is 5.56 Å². The zero-order chi connectivity index (χ0) is 27.6. The van der Waals surface area contributed by atoms with Gasteiger partial charge in [-0.3, -0.25) is 9.69 Å². The molecule has 0 radical (unpaired) electrons. The number of fused-ring (bicyclic) bond motifs is 1. The van der Waals surface area contributed by atoms with Gasteiger partial charge >= 0.3 is 0 Å². The summed E-state index contributed by atoms with van der Waals surface area (Å²) in [6.45, 7) is 10.3. The number of aryl methyl sites for hydroxylation is 1. The molecule has 39 heavy (non-hydrogen) atoms. The van der Waals surface area contributed by atoms with Crippen LogP contribution in [0.25, 0.3) is 10.9 Å². The molecule has 2 atom stereocenters. The van der Waals surface area contributed by atoms with Crippen molar-refractivity contribution in [2.24, 2.45) is 0 Å². The Hall–Kier alpha value is -3.56. The number of pyridine rings is 1. The normalized spacial score (nSPS) is 16.7. The number of ether oxygens (including phenoxy) is 2. The van der Waals surface area contributed by atoms with Crippen molar-refractivity contribution in [3.63, 3.8) is 0 Å². The van der Waals surface area contributed by atoms with Crippen molar-refractivity contribution in [2.75, 3.05) is 20.3 Å². The van der Waals surface area contributed by atoms with Gasteiger partial charge in [0.05, 0.1) is 18.8 Å². The van der Waals surface area contributed by atoms with Gasteiger partial charge in [0, 0.05) is 30.8 Å². The second kappa shape index (κ2) is 11.3. The maximum Gasteiger partial charge on any atom is 0.253 e. The average Bonchev–Trinajstić information content (AvgIpc) is 3.62. The molecule has 9 nitrogen and oxygen atoms in total. The number of hydrogen-bond donors (Lipinski definition) is 1. The molecule has 0 spiro atoms. The minimum atomic E-state index is -0.496. The smallest absolute Gasteiger partial charge is 0.253 e. The van der Waals surface area contributed by atoms with E-state index in [9.17, 15) is 4.79 Å². The molecule has 3 heterocycles. The predicted molar refractivity (Wildman–Crippen MR) is 151 cm³/mol. The fourth-order valence-electron chi connectivity index (χ4n) is 5.31. The second-order valence-electron chi connectivity index (χ2n) is 11.3. The number of methoxy groups -OCH3 is 1. The number of H-pyrrole nitrogens is 1. The van der Waals surface area contributed by atoms with E-state index in [1.54, 1.807) is 7.11 Å². The van der Waals surface area contributed by atoms with Crippen LogP contribution in [0.5, 0.6) is 5.75 Å². The fourth-order valence-corrected chi connectivity index (χ4v) is 5.31. The summed E-state index contributed by atoms with van der Waals surface area (Å²) in [6.07, 6.45) is 2.99. The van der Waals surface area contributed by atoms with Crippen molar-refractivity contribution >= 4 is 10.9 Å². The van der Waals surface area contributed by atoms with E-state index in [0.29, 0.717) is 24.5 Å². The highest BCUT2D eigenvalue weighted by atomic mass is 16.5. The van der Waals surface area contributed by atoms with E-state index >= 15 is 0 Å². The molecule has 1 aliphatic heterocycles. The van der Waals surface area contributed by atoms with Crippen LogP contribution in [0, 0.1) is 0 Å². The number of tetrazole rings is 1. The highest BCUT2D eigenvalue weighted by Gasteiger charge is 2.35. The third-order valence-electron chi connectivity index (χ3n) is 7.39. The first kappa shape index (κ1) is 27.0. The zero-order valence-corrected chi connectivity index (χ0v) is 23.5. The maximum absolute atomic E-state index is 13.8. The Kier molecular flexibility index (Phi) is 7.81. The fraction of sp³-hybridized carbons (Fsp3) is 0.467. The molecular formula is C30H38N6O3. The van der Waals surface area contributed by atoms with E-state index in [0.717, 1.165) is 48.1 Å². The van der Waals surface area contributed by atoms with Crippen LogP contribution >= 0.6 is 0 Å². The summed E-state index contributed by atoms with van der Waals surface area (Å²) < 4.78 is 13.3. The SMILES string of the molecule is CCc1ccc2[nH]c(=O)c([C@@H](c3nnnn3C(C)(C)C)N(Cc3ccc(OC)cc3)C[C@H]3CCCO3)cc2c1. The monoisotopic (exact) mass is 530 g/mol. The predicted octanol–water partition coefficient (Wildman–Crippen LogP) is 4.61. The maximum atomic E-state index is 13.8. The first-order valence-corrected chi connectivity index (χ1v) is 13.7. The van der Waals surface area contributed by atoms with Gasteiger partial charge in [0.25, 0.3) is 5.56 Å². The average molecular weight is 531 g/mol. The molecular weight excluding hydrogens is 492 g/mol. The molecule has 1 fully saturated rings. The molecule has 2 aromatic carbocycles. The zero-order valence-electron chi connectivity index (χ0n) is 23.5. The lowest BCUT2D eigenvalue weighted by molar-refractivity contribution is 0.0564. The van der Waals surface area contributed by atoms with Gasteiger partial charge in [-0.1, -0.05) is 25.1 Å². The van der Waals surface area contributed by atoms with Crippen LogP contribution < -0.4 is 10.3 Å². The molecule has 4 aromatic rings. The number of hydrogen-bond acceptors (Lipinski definition) is 7. The van der Waals surface area contributed by atoms with Crippen LogP contribution in [0.15, 0.2) is 53.3 Å². The second-order valence-corrected chi connectivity index (χ2v) is 11.3. The Morgan fingerprint density at radius 2 is 1.92 bits per heavy atom. The van der Waals surface area contributed by atoms with Crippen LogP contribution in [0.4, 0.5) is 0 Å². The van der Waals surface area contributed by atoms with Gasteiger partial charge in [0.1, 0.15) is 11.8 Å². The number of benzene rings is 2. The molecule has 1 aliphatic rings. The lowest BCUT2D eigenvalue weighted by Crippen LogP contribution is -2.40. The van der Waals surface area contributed by atoms with Crippen molar-refractivity contribution in [3.8, 4) is 5.75 Å². The summed E-state index contributed by atoms with van der Waals surface area (Å²) >= 11 is 0. The molecule has 9 heteroatoms. The summed E-state index contributed by atoms with van der Waals surface area (Å²) in [5, 5.41) is 14.0. The van der Waals surface area contributed by atoms with Gasteiger partial charge in [0.15, 0.2) is 5.82 Å². The molecule has 0 saturated carbocycles. The van der Waals surface area contributed by atoms with Gasteiger partial charge in [-0.05, 0) is 97.3 Å². The number of rotatable bonds is 9. The number of nitrogens with one attached hydrogen (secondary N) is 1. The number of nitrogens with zero attached hydrogens (tertiary/aromatic N) is 5. The summed E-state index contributed by atoms with van der Waals surface area (Å²) in [7, 11) is 1.66. The molecule has 1 saturated heterocycles. The Morgan fingerprint density at radius 1 is 1.15 bits per heavy atom. The van der Waals surface area contributed by atoms with Crippen molar-refractivity contribution in [3.05, 3.63) is 81.4 Å². The molecule has 206 valence electrons. The Bertz CT molecular complexity index is 1460. The highest BCUT2D eigenvalue weighted by molar-refractivity contribution is 5.80. The summed E-state index contributed by atoms with van der Waals surface area (Å²) in [4.78, 5) is 19.2. The summed E-state index contributed by atoms with van der Waals surface area (Å²) in [6, 6.07) is 15.7. The molecule has 0 amide bonds. The standard InChI is InChI=1S/C30H38N6O3/c1-6-20-11-14-26-22(16-20)17-25(29(37)31-26)27(28-32-33-34-36(28)30(2,3)4)35(19-24-8-7-15-39-24)18-21-9-12-23(38-5)13-10-21/h9-14,16-17,24,27H,6-8,15,18-19H2,1-5H3,(H,31,37)/t24-,27+/m1/s1. The molecule has 0 bridgehead atoms. The molecule has 0 aliphatic carbocycles. The first-order valence-electron chi connectivity index (χ1n) is 13.7. The van der Waals surface area contributed by atoms with Crippen molar-refractivity contribution in [2.45, 2.75) is 71.2 Å². The van der Waals surface area contributed by atoms with Crippen LogP contribution in [0.1, 0.15) is 69.1 Å². The molecule has 2 aromatic heterocycles. The van der Waals surface area contributed by atoms with Gasteiger partial charge in [-0.15, -0.1) is 5.10 Å².